The molecule has 21 heavy (non-hydrogen) atoms. The third-order valence-electron chi connectivity index (χ3n) is 2.57. The number of hydrogen-bond donors (Lipinski definition) is 2. The second-order valence-electron chi connectivity index (χ2n) is 4.48. The van der Waals surface area contributed by atoms with Gasteiger partial charge in [0.1, 0.15) is 11.6 Å². The van der Waals surface area contributed by atoms with Crippen molar-refractivity contribution >= 4 is 27.8 Å². The molecule has 1 unspecified atom stereocenters. The van der Waals surface area contributed by atoms with Crippen molar-refractivity contribution in [3.63, 3.8) is 0 Å². The second kappa shape index (κ2) is 7.37. The zero-order valence-corrected chi connectivity index (χ0v) is 13.1. The van der Waals surface area contributed by atoms with Crippen molar-refractivity contribution in [2.24, 2.45) is 0 Å². The highest BCUT2D eigenvalue weighted by atomic mass is 79.9. The number of amides is 1. The normalized spacial score (nSPS) is 13.3. The Balaban J connectivity index is 2.63. The number of carboxylic acid groups (broad SMARTS) is 1. The van der Waals surface area contributed by atoms with E-state index in [1.165, 1.54) is 32.2 Å². The van der Waals surface area contributed by atoms with Crippen LogP contribution in [0, 0.1) is 5.82 Å². The van der Waals surface area contributed by atoms with Crippen molar-refractivity contribution in [2.45, 2.75) is 12.5 Å². The van der Waals surface area contributed by atoms with Crippen LogP contribution in [0.4, 0.5) is 4.39 Å². The molecule has 0 aliphatic heterocycles. The Labute approximate surface area is 129 Å². The summed E-state index contributed by atoms with van der Waals surface area (Å²) in [5, 5.41) is 11.4. The highest BCUT2D eigenvalue weighted by Crippen LogP contribution is 2.25. The van der Waals surface area contributed by atoms with Gasteiger partial charge in [-0.25, -0.2) is 9.18 Å². The van der Waals surface area contributed by atoms with Gasteiger partial charge in [-0.15, -0.1) is 0 Å². The van der Waals surface area contributed by atoms with E-state index in [-0.39, 0.29) is 12.4 Å². The predicted octanol–water partition coefficient (Wildman–Crippen LogP) is 1.57. The molecular formula is C13H15BrFNO5. The minimum Gasteiger partial charge on any atom is -0.483 e. The number of carbonyl (C=O) groups excluding carboxylic acids is 1. The molecule has 0 radical (unpaired) electrons. The lowest BCUT2D eigenvalue weighted by molar-refractivity contribution is -0.149. The van der Waals surface area contributed by atoms with Crippen LogP contribution in [0.5, 0.6) is 5.75 Å². The van der Waals surface area contributed by atoms with E-state index < -0.39 is 29.8 Å². The molecule has 2 N–H and O–H groups in total. The van der Waals surface area contributed by atoms with Crippen LogP contribution in [0.3, 0.4) is 0 Å². The summed E-state index contributed by atoms with van der Waals surface area (Å²) >= 11 is 3.10. The van der Waals surface area contributed by atoms with Gasteiger partial charge in [0.2, 0.25) is 0 Å². The summed E-state index contributed by atoms with van der Waals surface area (Å²) in [4.78, 5) is 22.9. The predicted molar refractivity (Wildman–Crippen MR) is 75.7 cm³/mol. The number of aliphatic carboxylic acids is 1. The molecule has 1 aromatic carbocycles. The Bertz CT molecular complexity index is 539. The van der Waals surface area contributed by atoms with Gasteiger partial charge in [-0.3, -0.25) is 4.79 Å². The quantitative estimate of drug-likeness (QED) is 0.767. The standard InChI is InChI=1S/C13H15BrFNO5/c1-13(7-20-2,12(18)19)16-11(17)6-21-10-4-3-8(15)5-9(10)14/h3-5H,6-7H2,1-2H3,(H,16,17)(H,18,19). The average Bonchev–Trinajstić information content (AvgIpc) is 2.37. The minimum atomic E-state index is -1.55. The van der Waals surface area contributed by atoms with Gasteiger partial charge >= 0.3 is 5.97 Å². The van der Waals surface area contributed by atoms with E-state index in [9.17, 15) is 14.0 Å². The van der Waals surface area contributed by atoms with Gasteiger partial charge in [0, 0.05) is 7.11 Å². The van der Waals surface area contributed by atoms with Crippen molar-refractivity contribution < 1.29 is 28.6 Å². The van der Waals surface area contributed by atoms with Crippen LogP contribution in [-0.2, 0) is 14.3 Å². The number of benzene rings is 1. The number of carboxylic acids is 1. The molecule has 0 aliphatic rings. The summed E-state index contributed by atoms with van der Waals surface area (Å²) in [6.07, 6.45) is 0. The number of carbonyl (C=O) groups is 2. The maximum atomic E-state index is 12.9. The average molecular weight is 364 g/mol. The van der Waals surface area contributed by atoms with E-state index in [2.05, 4.69) is 21.2 Å². The zero-order chi connectivity index (χ0) is 16.0. The molecular weight excluding hydrogens is 349 g/mol. The summed E-state index contributed by atoms with van der Waals surface area (Å²) < 4.78 is 23.2. The summed E-state index contributed by atoms with van der Waals surface area (Å²) in [6, 6.07) is 3.74. The summed E-state index contributed by atoms with van der Waals surface area (Å²) in [5.74, 6) is -2.03. The molecule has 116 valence electrons. The summed E-state index contributed by atoms with van der Waals surface area (Å²) in [6.45, 7) is 0.732. The third kappa shape index (κ3) is 4.98. The Kier molecular flexibility index (Phi) is 6.10. The third-order valence-corrected chi connectivity index (χ3v) is 3.19. The molecule has 1 rings (SSSR count). The Morgan fingerprint density at radius 3 is 2.67 bits per heavy atom. The molecule has 0 aliphatic carbocycles. The van der Waals surface area contributed by atoms with E-state index in [1.807, 2.05) is 0 Å². The zero-order valence-electron chi connectivity index (χ0n) is 11.5. The summed E-state index contributed by atoms with van der Waals surface area (Å²) in [7, 11) is 1.33. The van der Waals surface area contributed by atoms with Crippen molar-refractivity contribution in [1.29, 1.82) is 0 Å². The molecule has 1 atom stereocenters. The van der Waals surface area contributed by atoms with Crippen molar-refractivity contribution in [1.82, 2.24) is 5.32 Å². The Morgan fingerprint density at radius 2 is 2.14 bits per heavy atom. The van der Waals surface area contributed by atoms with Gasteiger partial charge in [-0.05, 0) is 41.1 Å². The van der Waals surface area contributed by atoms with E-state index in [0.29, 0.717) is 4.47 Å². The molecule has 1 aromatic rings. The van der Waals surface area contributed by atoms with Crippen molar-refractivity contribution in [2.75, 3.05) is 20.3 Å². The van der Waals surface area contributed by atoms with Crippen molar-refractivity contribution in [3.8, 4) is 5.75 Å². The highest BCUT2D eigenvalue weighted by Gasteiger charge is 2.35. The van der Waals surface area contributed by atoms with Crippen LogP contribution in [0.25, 0.3) is 0 Å². The monoisotopic (exact) mass is 363 g/mol. The number of rotatable bonds is 7. The van der Waals surface area contributed by atoms with Gasteiger partial charge in [0.05, 0.1) is 11.1 Å². The van der Waals surface area contributed by atoms with E-state index in [1.54, 1.807) is 0 Å². The Morgan fingerprint density at radius 1 is 1.48 bits per heavy atom. The number of methoxy groups -OCH3 is 1. The molecule has 0 heterocycles. The minimum absolute atomic E-state index is 0.186. The van der Waals surface area contributed by atoms with Crippen LogP contribution in [0.15, 0.2) is 22.7 Å². The molecule has 0 spiro atoms. The highest BCUT2D eigenvalue weighted by molar-refractivity contribution is 9.10. The fourth-order valence-electron chi connectivity index (χ4n) is 1.52. The van der Waals surface area contributed by atoms with Gasteiger partial charge in [0.15, 0.2) is 12.1 Å². The first-order chi connectivity index (χ1) is 9.78. The van der Waals surface area contributed by atoms with Gasteiger partial charge in [0.25, 0.3) is 5.91 Å². The molecule has 0 fully saturated rings. The first-order valence-electron chi connectivity index (χ1n) is 5.89. The first-order valence-corrected chi connectivity index (χ1v) is 6.69. The smallest absolute Gasteiger partial charge is 0.331 e. The molecule has 8 heteroatoms. The molecule has 1 amide bonds. The lowest BCUT2D eigenvalue weighted by atomic mass is 10.0. The first kappa shape index (κ1) is 17.4. The number of nitrogens with one attached hydrogen (secondary N) is 1. The fraction of sp³-hybridized carbons (Fsp3) is 0.385. The molecule has 6 nitrogen and oxygen atoms in total. The fourth-order valence-corrected chi connectivity index (χ4v) is 1.98. The van der Waals surface area contributed by atoms with E-state index >= 15 is 0 Å². The van der Waals surface area contributed by atoms with E-state index in [0.717, 1.165) is 0 Å². The van der Waals surface area contributed by atoms with Gasteiger partial charge < -0.3 is 19.9 Å². The van der Waals surface area contributed by atoms with Crippen LogP contribution in [0.2, 0.25) is 0 Å². The van der Waals surface area contributed by atoms with Crippen LogP contribution in [0.1, 0.15) is 6.92 Å². The molecule has 0 saturated carbocycles. The summed E-state index contributed by atoms with van der Waals surface area (Å²) in [5.41, 5.74) is -1.55. The molecule has 0 bridgehead atoms. The maximum absolute atomic E-state index is 12.9. The maximum Gasteiger partial charge on any atom is 0.331 e. The second-order valence-corrected chi connectivity index (χ2v) is 5.34. The van der Waals surface area contributed by atoms with Crippen LogP contribution >= 0.6 is 15.9 Å². The van der Waals surface area contributed by atoms with Crippen LogP contribution in [-0.4, -0.2) is 42.8 Å². The topological polar surface area (TPSA) is 84.9 Å². The number of hydrogen-bond acceptors (Lipinski definition) is 4. The number of ether oxygens (including phenoxy) is 2. The van der Waals surface area contributed by atoms with Gasteiger partial charge in [-0.1, -0.05) is 0 Å². The lowest BCUT2D eigenvalue weighted by Crippen LogP contribution is -2.56. The lowest BCUT2D eigenvalue weighted by Gasteiger charge is -2.25. The Hall–Kier alpha value is -1.67. The van der Waals surface area contributed by atoms with E-state index in [4.69, 9.17) is 14.6 Å². The van der Waals surface area contributed by atoms with Crippen molar-refractivity contribution in [3.05, 3.63) is 28.5 Å². The molecule has 0 saturated heterocycles. The largest absolute Gasteiger partial charge is 0.483 e. The van der Waals surface area contributed by atoms with Crippen LogP contribution < -0.4 is 10.1 Å². The SMILES string of the molecule is COCC(C)(NC(=O)COc1ccc(F)cc1Br)C(=O)O. The van der Waals surface area contributed by atoms with Gasteiger partial charge in [-0.2, -0.15) is 0 Å². The molecule has 0 aromatic heterocycles. The number of halogens is 2.